The summed E-state index contributed by atoms with van der Waals surface area (Å²) in [5.41, 5.74) is 9.14. The lowest BCUT2D eigenvalue weighted by molar-refractivity contribution is 0.385. The average Bonchev–Trinajstić information content (AvgIpc) is 2.57. The van der Waals surface area contributed by atoms with E-state index in [9.17, 15) is 28.7 Å². The lowest BCUT2D eigenvalue weighted by atomic mass is 9.89. The third-order valence-corrected chi connectivity index (χ3v) is 7.16. The maximum Gasteiger partial charge on any atom is 0.357 e. The second-order valence-corrected chi connectivity index (χ2v) is 9.60. The van der Waals surface area contributed by atoms with Crippen LogP contribution in [0, 0.1) is 0 Å². The van der Waals surface area contributed by atoms with Gasteiger partial charge >= 0.3 is 15.2 Å². The van der Waals surface area contributed by atoms with E-state index < -0.39 is 15.2 Å². The molecular formula is C18H27NO6P2. The molecule has 2 rings (SSSR count). The zero-order valence-electron chi connectivity index (χ0n) is 16.0. The van der Waals surface area contributed by atoms with Crippen molar-refractivity contribution in [2.75, 3.05) is 5.73 Å². The maximum absolute atomic E-state index is 12.4. The number of benzene rings is 2. The highest BCUT2D eigenvalue weighted by atomic mass is 31.2. The largest absolute Gasteiger partial charge is 0.398 e. The molecule has 2 aromatic carbocycles. The Hall–Kier alpha value is -1.20. The summed E-state index contributed by atoms with van der Waals surface area (Å²) in [4.78, 5) is 39.9. The van der Waals surface area contributed by atoms with Crippen molar-refractivity contribution in [3.05, 3.63) is 28.3 Å². The summed E-state index contributed by atoms with van der Waals surface area (Å²) in [5, 5.41) is 0.286. The van der Waals surface area contributed by atoms with Gasteiger partial charge in [-0.1, -0.05) is 27.7 Å². The van der Waals surface area contributed by atoms with Crippen LogP contribution in [0.1, 0.15) is 49.9 Å². The molecule has 0 aliphatic carbocycles. The molecule has 7 nitrogen and oxygen atoms in total. The molecule has 0 heterocycles. The number of nitrogens with two attached hydrogens (primary N) is 1. The van der Waals surface area contributed by atoms with Crippen molar-refractivity contribution in [2.24, 2.45) is 0 Å². The van der Waals surface area contributed by atoms with E-state index in [4.69, 9.17) is 5.73 Å². The summed E-state index contributed by atoms with van der Waals surface area (Å²) in [6.07, 6.45) is 1.67. The zero-order chi connectivity index (χ0) is 20.7. The fourth-order valence-electron chi connectivity index (χ4n) is 4.04. The van der Waals surface area contributed by atoms with Gasteiger partial charge in [0.2, 0.25) is 0 Å². The third-order valence-electron chi connectivity index (χ3n) is 5.04. The van der Waals surface area contributed by atoms with Crippen LogP contribution in [0.25, 0.3) is 10.8 Å². The lowest BCUT2D eigenvalue weighted by Crippen LogP contribution is -2.22. The van der Waals surface area contributed by atoms with Gasteiger partial charge < -0.3 is 25.3 Å². The molecule has 0 aliphatic heterocycles. The highest BCUT2D eigenvalue weighted by Gasteiger charge is 2.32. The quantitative estimate of drug-likeness (QED) is 0.360. The molecule has 0 saturated carbocycles. The summed E-state index contributed by atoms with van der Waals surface area (Å²) >= 11 is 0. The minimum atomic E-state index is -4.71. The van der Waals surface area contributed by atoms with Crippen LogP contribution in [-0.2, 0) is 34.8 Å². The van der Waals surface area contributed by atoms with Gasteiger partial charge in [0, 0.05) is 16.5 Å². The van der Waals surface area contributed by atoms with E-state index in [0.29, 0.717) is 59.0 Å². The number of hydrogen-bond donors (Lipinski definition) is 5. The lowest BCUT2D eigenvalue weighted by Gasteiger charge is -2.24. The van der Waals surface area contributed by atoms with Crippen molar-refractivity contribution in [2.45, 2.75) is 53.4 Å². The van der Waals surface area contributed by atoms with Crippen LogP contribution in [0.5, 0.6) is 0 Å². The highest BCUT2D eigenvalue weighted by molar-refractivity contribution is 7.61. The van der Waals surface area contributed by atoms with Crippen LogP contribution >= 0.6 is 15.2 Å². The van der Waals surface area contributed by atoms with Gasteiger partial charge in [-0.05, 0) is 54.0 Å². The Morgan fingerprint density at radius 2 is 1.26 bits per heavy atom. The molecule has 0 aliphatic rings. The molecule has 27 heavy (non-hydrogen) atoms. The van der Waals surface area contributed by atoms with Crippen LogP contribution in [0.4, 0.5) is 5.69 Å². The van der Waals surface area contributed by atoms with Gasteiger partial charge in [-0.25, -0.2) is 0 Å². The van der Waals surface area contributed by atoms with Gasteiger partial charge in [0.1, 0.15) is 0 Å². The molecule has 0 aromatic heterocycles. The van der Waals surface area contributed by atoms with Gasteiger partial charge in [0.25, 0.3) is 0 Å². The van der Waals surface area contributed by atoms with E-state index in [1.807, 2.05) is 13.8 Å². The van der Waals surface area contributed by atoms with Crippen LogP contribution in [-0.4, -0.2) is 19.6 Å². The van der Waals surface area contributed by atoms with E-state index in [0.717, 1.165) is 0 Å². The number of anilines is 1. The molecule has 0 spiro atoms. The van der Waals surface area contributed by atoms with Crippen LogP contribution in [0.15, 0.2) is 6.07 Å². The first-order chi connectivity index (χ1) is 12.4. The Bertz CT molecular complexity index is 990. The number of nitrogen functional groups attached to an aromatic ring is 1. The average molecular weight is 415 g/mol. The van der Waals surface area contributed by atoms with Crippen molar-refractivity contribution >= 4 is 42.3 Å². The molecule has 0 saturated heterocycles. The minimum Gasteiger partial charge on any atom is -0.398 e. The second-order valence-electron chi connectivity index (χ2n) is 6.50. The fraction of sp³-hybridized carbons (Fsp3) is 0.444. The van der Waals surface area contributed by atoms with Gasteiger partial charge in [-0.3, -0.25) is 9.13 Å². The molecule has 2 aromatic rings. The van der Waals surface area contributed by atoms with Gasteiger partial charge in [-0.2, -0.15) is 0 Å². The molecular weight excluding hydrogens is 388 g/mol. The third kappa shape index (κ3) is 3.73. The van der Waals surface area contributed by atoms with Gasteiger partial charge in [0.05, 0.1) is 10.6 Å². The summed E-state index contributed by atoms with van der Waals surface area (Å²) in [6, 6.07) is 1.23. The van der Waals surface area contributed by atoms with Crippen molar-refractivity contribution in [3.8, 4) is 0 Å². The Labute approximate surface area is 158 Å². The Morgan fingerprint density at radius 3 is 1.63 bits per heavy atom. The van der Waals surface area contributed by atoms with E-state index in [2.05, 4.69) is 0 Å². The molecule has 9 heteroatoms. The van der Waals surface area contributed by atoms with Gasteiger partial charge in [-0.15, -0.1) is 0 Å². The van der Waals surface area contributed by atoms with Crippen molar-refractivity contribution < 1.29 is 28.7 Å². The zero-order valence-corrected chi connectivity index (χ0v) is 17.8. The molecule has 0 radical (unpaired) electrons. The van der Waals surface area contributed by atoms with E-state index in [1.54, 1.807) is 13.8 Å². The fourth-order valence-corrected chi connectivity index (χ4v) is 6.12. The van der Waals surface area contributed by atoms with Crippen molar-refractivity contribution in [3.63, 3.8) is 0 Å². The number of fused-ring (bicyclic) bond motifs is 1. The Morgan fingerprint density at radius 1 is 0.778 bits per heavy atom. The smallest absolute Gasteiger partial charge is 0.357 e. The topological polar surface area (TPSA) is 141 Å². The van der Waals surface area contributed by atoms with Crippen molar-refractivity contribution in [1.82, 2.24) is 0 Å². The van der Waals surface area contributed by atoms with Crippen LogP contribution < -0.4 is 16.3 Å². The van der Waals surface area contributed by atoms with Crippen LogP contribution in [0.2, 0.25) is 0 Å². The summed E-state index contributed by atoms with van der Waals surface area (Å²) in [6.45, 7) is 7.29. The van der Waals surface area contributed by atoms with Crippen LogP contribution in [0.3, 0.4) is 0 Å². The normalized spacial score (nSPS) is 12.7. The van der Waals surface area contributed by atoms with Gasteiger partial charge in [0.15, 0.2) is 0 Å². The predicted molar refractivity (Wildman–Crippen MR) is 109 cm³/mol. The molecule has 0 bridgehead atoms. The number of hydrogen-bond acceptors (Lipinski definition) is 3. The maximum atomic E-state index is 12.4. The second kappa shape index (κ2) is 7.67. The van der Waals surface area contributed by atoms with E-state index in [1.165, 1.54) is 6.07 Å². The SMILES string of the molecule is CCc1c(CC)c(N)c2c(CC)c(CC)c(P(=O)(O)O)cc2c1P(=O)(O)O. The number of rotatable bonds is 6. The Balaban J connectivity index is 3.32. The summed E-state index contributed by atoms with van der Waals surface area (Å²) in [5.74, 6) is 0. The summed E-state index contributed by atoms with van der Waals surface area (Å²) in [7, 11) is -9.35. The summed E-state index contributed by atoms with van der Waals surface area (Å²) < 4.78 is 24.5. The first kappa shape index (κ1) is 22.1. The standard InChI is InChI=1S/C18H27NO6P2/c1-5-10-11(6-2)16-14(9-15(10)26(20,21)22)18(27(23,24)25)13(8-4)12(7-3)17(16)19/h9H,5-8,19H2,1-4H3,(H2,20,21,22)(H2,23,24,25). The first-order valence-electron chi connectivity index (χ1n) is 8.97. The Kier molecular flexibility index (Phi) is 6.27. The monoisotopic (exact) mass is 415 g/mol. The number of aryl methyl sites for hydroxylation is 1. The molecule has 0 fully saturated rings. The van der Waals surface area contributed by atoms with E-state index in [-0.39, 0.29) is 16.0 Å². The van der Waals surface area contributed by atoms with Crippen molar-refractivity contribution in [1.29, 1.82) is 0 Å². The highest BCUT2D eigenvalue weighted by Crippen LogP contribution is 2.45. The molecule has 0 amide bonds. The van der Waals surface area contributed by atoms with E-state index >= 15 is 0 Å². The molecule has 0 atom stereocenters. The minimum absolute atomic E-state index is 0.141. The molecule has 0 unspecified atom stereocenters. The molecule has 150 valence electrons. The predicted octanol–water partition coefficient (Wildman–Crippen LogP) is 2.28. The molecule has 6 N–H and O–H groups in total. The first-order valence-corrected chi connectivity index (χ1v) is 12.2.